The van der Waals surface area contributed by atoms with Crippen LogP contribution in [0.25, 0.3) is 0 Å². The van der Waals surface area contributed by atoms with Crippen molar-refractivity contribution >= 4 is 27.3 Å². The molecular formula is C18H21N3O3S. The fourth-order valence-electron chi connectivity index (χ4n) is 3.13. The van der Waals surface area contributed by atoms with Crippen molar-refractivity contribution in [3.8, 4) is 0 Å². The zero-order valence-corrected chi connectivity index (χ0v) is 15.4. The third kappa shape index (κ3) is 2.89. The number of rotatable bonds is 3. The van der Waals surface area contributed by atoms with Crippen molar-refractivity contribution in [3.05, 3.63) is 53.1 Å². The van der Waals surface area contributed by atoms with Crippen molar-refractivity contribution in [2.75, 3.05) is 17.3 Å². The summed E-state index contributed by atoms with van der Waals surface area (Å²) in [6, 6.07) is 10.8. The van der Waals surface area contributed by atoms with Gasteiger partial charge in [0.1, 0.15) is 6.17 Å². The van der Waals surface area contributed by atoms with E-state index in [1.54, 1.807) is 17.9 Å². The molecule has 2 aromatic rings. The number of aryl methyl sites for hydroxylation is 2. The van der Waals surface area contributed by atoms with Crippen LogP contribution in [0.1, 0.15) is 28.4 Å². The molecule has 1 amide bonds. The lowest BCUT2D eigenvalue weighted by molar-refractivity contribution is 0.0976. The summed E-state index contributed by atoms with van der Waals surface area (Å²) < 4.78 is 26.8. The van der Waals surface area contributed by atoms with E-state index < -0.39 is 10.0 Å². The smallest absolute Gasteiger partial charge is 0.262 e. The average Bonchev–Trinajstić information content (AvgIpc) is 2.55. The van der Waals surface area contributed by atoms with Gasteiger partial charge >= 0.3 is 0 Å². The van der Waals surface area contributed by atoms with Crippen LogP contribution in [0.4, 0.5) is 11.4 Å². The second kappa shape index (κ2) is 6.16. The third-order valence-electron chi connectivity index (χ3n) is 4.45. The van der Waals surface area contributed by atoms with Crippen LogP contribution in [0, 0.1) is 13.8 Å². The Labute approximate surface area is 147 Å². The molecule has 3 rings (SSSR count). The first kappa shape index (κ1) is 17.4. The number of fused-ring (bicyclic) bond motifs is 1. The molecule has 1 heterocycles. The van der Waals surface area contributed by atoms with Crippen molar-refractivity contribution in [2.45, 2.75) is 31.8 Å². The molecule has 0 fully saturated rings. The summed E-state index contributed by atoms with van der Waals surface area (Å²) in [5, 5.41) is 3.29. The minimum absolute atomic E-state index is 0.114. The number of nitrogens with zero attached hydrogens (tertiary/aromatic N) is 1. The maximum Gasteiger partial charge on any atom is 0.262 e. The second-order valence-electron chi connectivity index (χ2n) is 6.15. The molecule has 7 heteroatoms. The summed E-state index contributed by atoms with van der Waals surface area (Å²) in [5.41, 5.74) is 3.36. The van der Waals surface area contributed by atoms with E-state index in [0.29, 0.717) is 16.8 Å². The molecule has 0 aliphatic carbocycles. The molecule has 25 heavy (non-hydrogen) atoms. The van der Waals surface area contributed by atoms with Crippen LogP contribution in [0.5, 0.6) is 0 Å². The average molecular weight is 359 g/mol. The Morgan fingerprint density at radius 1 is 1.12 bits per heavy atom. The first-order valence-corrected chi connectivity index (χ1v) is 9.48. The number of nitrogens with one attached hydrogen (secondary N) is 2. The number of para-hydroxylation sites is 1. The molecule has 0 saturated heterocycles. The molecule has 132 valence electrons. The normalized spacial score (nSPS) is 17.2. The second-order valence-corrected chi connectivity index (χ2v) is 8.01. The molecule has 0 saturated carbocycles. The molecule has 1 aliphatic heterocycles. The zero-order valence-electron chi connectivity index (χ0n) is 14.6. The third-order valence-corrected chi connectivity index (χ3v) is 6.01. The number of carbonyl (C=O) groups is 1. The van der Waals surface area contributed by atoms with Gasteiger partial charge in [-0.3, -0.25) is 9.69 Å². The summed E-state index contributed by atoms with van der Waals surface area (Å²) in [4.78, 5) is 14.9. The predicted molar refractivity (Wildman–Crippen MR) is 98.5 cm³/mol. The van der Waals surface area contributed by atoms with Crippen molar-refractivity contribution in [3.63, 3.8) is 0 Å². The number of benzene rings is 2. The van der Waals surface area contributed by atoms with E-state index in [0.717, 1.165) is 11.3 Å². The zero-order chi connectivity index (χ0) is 18.4. The number of amides is 1. The summed E-state index contributed by atoms with van der Waals surface area (Å²) in [6.45, 7) is 5.56. The minimum atomic E-state index is -3.64. The first-order valence-electron chi connectivity index (χ1n) is 8.00. The van der Waals surface area contributed by atoms with Crippen molar-refractivity contribution < 1.29 is 13.2 Å². The maximum atomic E-state index is 13.1. The number of hydrogen-bond acceptors (Lipinski definition) is 4. The largest absolute Gasteiger partial charge is 0.364 e. The van der Waals surface area contributed by atoms with Crippen LogP contribution in [0.2, 0.25) is 0 Å². The van der Waals surface area contributed by atoms with Gasteiger partial charge < -0.3 is 5.32 Å². The van der Waals surface area contributed by atoms with E-state index in [1.165, 1.54) is 13.1 Å². The van der Waals surface area contributed by atoms with Crippen LogP contribution < -0.4 is 14.9 Å². The van der Waals surface area contributed by atoms with Gasteiger partial charge in [0.2, 0.25) is 10.0 Å². The summed E-state index contributed by atoms with van der Waals surface area (Å²) in [5.74, 6) is -0.219. The van der Waals surface area contributed by atoms with Gasteiger partial charge in [0, 0.05) is 11.4 Å². The molecule has 0 aromatic heterocycles. The molecule has 0 spiro atoms. The van der Waals surface area contributed by atoms with Gasteiger partial charge in [0.15, 0.2) is 0 Å². The lowest BCUT2D eigenvalue weighted by Crippen LogP contribution is -2.47. The Morgan fingerprint density at radius 3 is 2.44 bits per heavy atom. The molecule has 2 aromatic carbocycles. The lowest BCUT2D eigenvalue weighted by atomic mass is 10.0. The first-order chi connectivity index (χ1) is 11.8. The van der Waals surface area contributed by atoms with E-state index in [1.807, 2.05) is 38.1 Å². The van der Waals surface area contributed by atoms with Gasteiger partial charge in [-0.05, 0) is 57.1 Å². The van der Waals surface area contributed by atoms with Crippen LogP contribution in [-0.4, -0.2) is 27.5 Å². The Morgan fingerprint density at radius 2 is 1.80 bits per heavy atom. The van der Waals surface area contributed by atoms with Gasteiger partial charge in [-0.2, -0.15) is 0 Å². The van der Waals surface area contributed by atoms with Crippen LogP contribution >= 0.6 is 0 Å². The summed E-state index contributed by atoms with van der Waals surface area (Å²) >= 11 is 0. The standard InChI is InChI=1S/C18H21N3O3S/c1-11-7-5-6-8-16(11)21-13(3)20-15-9-12(2)17(25(23,24)19-4)10-14(15)18(21)22/h5-10,13,19-20H,1-4H3. The highest BCUT2D eigenvalue weighted by Gasteiger charge is 2.33. The number of anilines is 2. The van der Waals surface area contributed by atoms with E-state index in [9.17, 15) is 13.2 Å². The maximum absolute atomic E-state index is 13.1. The molecule has 0 radical (unpaired) electrons. The summed E-state index contributed by atoms with van der Waals surface area (Å²) in [6.07, 6.45) is -0.243. The Balaban J connectivity index is 2.16. The fraction of sp³-hybridized carbons (Fsp3) is 0.278. The number of carbonyl (C=O) groups excluding carboxylic acids is 1. The lowest BCUT2D eigenvalue weighted by Gasteiger charge is -2.37. The molecule has 1 aliphatic rings. The van der Waals surface area contributed by atoms with Gasteiger partial charge in [0.05, 0.1) is 10.5 Å². The highest BCUT2D eigenvalue weighted by Crippen LogP contribution is 2.33. The van der Waals surface area contributed by atoms with Gasteiger partial charge in [-0.15, -0.1) is 0 Å². The van der Waals surface area contributed by atoms with Gasteiger partial charge in [0.25, 0.3) is 5.91 Å². The topological polar surface area (TPSA) is 78.5 Å². The Hall–Kier alpha value is -2.38. The summed E-state index contributed by atoms with van der Waals surface area (Å²) in [7, 11) is -2.28. The van der Waals surface area contributed by atoms with Crippen LogP contribution in [-0.2, 0) is 10.0 Å². The Bertz CT molecular complexity index is 954. The highest BCUT2D eigenvalue weighted by atomic mass is 32.2. The fourth-order valence-corrected chi connectivity index (χ4v) is 4.11. The molecule has 1 unspecified atom stereocenters. The van der Waals surface area contributed by atoms with E-state index in [2.05, 4.69) is 10.0 Å². The predicted octanol–water partition coefficient (Wildman–Crippen LogP) is 2.63. The molecule has 0 bridgehead atoms. The van der Waals surface area contributed by atoms with Crippen LogP contribution in [0.3, 0.4) is 0 Å². The molecule has 2 N–H and O–H groups in total. The van der Waals surface area contributed by atoms with E-state index in [4.69, 9.17) is 0 Å². The molecule has 1 atom stereocenters. The quantitative estimate of drug-likeness (QED) is 0.883. The minimum Gasteiger partial charge on any atom is -0.364 e. The SMILES string of the molecule is CNS(=O)(=O)c1cc2c(cc1C)NC(C)N(c1ccccc1C)C2=O. The monoisotopic (exact) mass is 359 g/mol. The van der Waals surface area contributed by atoms with Crippen molar-refractivity contribution in [1.29, 1.82) is 0 Å². The van der Waals surface area contributed by atoms with E-state index in [-0.39, 0.29) is 17.0 Å². The van der Waals surface area contributed by atoms with Gasteiger partial charge in [-0.1, -0.05) is 18.2 Å². The Kier molecular flexibility index (Phi) is 4.30. The van der Waals surface area contributed by atoms with Crippen LogP contribution in [0.15, 0.2) is 41.3 Å². The van der Waals surface area contributed by atoms with Gasteiger partial charge in [-0.25, -0.2) is 13.1 Å². The van der Waals surface area contributed by atoms with E-state index >= 15 is 0 Å². The highest BCUT2D eigenvalue weighted by molar-refractivity contribution is 7.89. The molecular weight excluding hydrogens is 338 g/mol. The number of sulfonamides is 1. The number of hydrogen-bond donors (Lipinski definition) is 2. The van der Waals surface area contributed by atoms with Crippen molar-refractivity contribution in [2.24, 2.45) is 0 Å². The molecule has 6 nitrogen and oxygen atoms in total. The van der Waals surface area contributed by atoms with Crippen molar-refractivity contribution in [1.82, 2.24) is 4.72 Å².